The number of allylic oxidation sites excluding steroid dienone is 4. The van der Waals surface area contributed by atoms with Crippen LogP contribution in [0.15, 0.2) is 17.7 Å². The fourth-order valence-electron chi connectivity index (χ4n) is 0.515. The molecule has 0 aliphatic heterocycles. The van der Waals surface area contributed by atoms with E-state index in [1.807, 2.05) is 0 Å². The molecular weight excluding hydrogens is 264 g/mol. The molecule has 0 fully saturated rings. The molecule has 0 saturated carbocycles. The molecule has 0 atom stereocenters. The first-order valence-electron chi connectivity index (χ1n) is 2.13. The van der Waals surface area contributed by atoms with E-state index in [0.717, 1.165) is 6.42 Å². The average Bonchev–Trinajstić information content (AvgIpc) is 1.86. The van der Waals surface area contributed by atoms with Gasteiger partial charge in [0.05, 0.1) is 0 Å². The predicted octanol–water partition coefficient (Wildman–Crippen LogP) is 1.92. The summed E-state index contributed by atoms with van der Waals surface area (Å²) in [6, 6.07) is 0. The van der Waals surface area contributed by atoms with E-state index >= 15 is 0 Å². The third kappa shape index (κ3) is 2.06. The van der Waals surface area contributed by atoms with Crippen LogP contribution in [0.5, 0.6) is 0 Å². The van der Waals surface area contributed by atoms with Crippen molar-refractivity contribution < 1.29 is 23.0 Å². The maximum absolute atomic E-state index is 3.12. The van der Waals surface area contributed by atoms with Crippen LogP contribution < -0.4 is 0 Å². The molecule has 0 unspecified atom stereocenters. The van der Waals surface area contributed by atoms with Crippen LogP contribution in [0.4, 0.5) is 0 Å². The second-order valence-corrected chi connectivity index (χ2v) is 1.47. The van der Waals surface area contributed by atoms with Crippen molar-refractivity contribution in [3.05, 3.63) is 23.8 Å². The second kappa shape index (κ2) is 3.17. The summed E-state index contributed by atoms with van der Waals surface area (Å²) in [6.45, 7) is 2.06. The van der Waals surface area contributed by atoms with Crippen LogP contribution in [0.2, 0.25) is 0 Å². The minimum atomic E-state index is 0. The maximum atomic E-state index is 3.12. The van der Waals surface area contributed by atoms with Crippen LogP contribution in [0, 0.1) is 6.08 Å². The Morgan fingerprint density at radius 2 is 2.57 bits per heavy atom. The molecule has 0 amide bonds. The molecule has 0 aromatic carbocycles. The van der Waals surface area contributed by atoms with Gasteiger partial charge in [0, 0.05) is 20.1 Å². The Bertz CT molecular complexity index is 105. The van der Waals surface area contributed by atoms with Gasteiger partial charge in [0.25, 0.3) is 0 Å². The van der Waals surface area contributed by atoms with Crippen molar-refractivity contribution in [2.45, 2.75) is 13.3 Å². The van der Waals surface area contributed by atoms with E-state index in [1.54, 1.807) is 0 Å². The van der Waals surface area contributed by atoms with Crippen LogP contribution >= 0.6 is 0 Å². The molecule has 0 aromatic heterocycles. The normalized spacial score (nSPS) is 15.9. The first-order valence-corrected chi connectivity index (χ1v) is 2.13. The Labute approximate surface area is 60.6 Å². The van der Waals surface area contributed by atoms with E-state index in [-0.39, 0.29) is 23.0 Å². The molecule has 1 rings (SSSR count). The van der Waals surface area contributed by atoms with Gasteiger partial charge in [-0.1, -0.05) is 6.92 Å². The fraction of sp³-hybridized carbons (Fsp3) is 0.333. The van der Waals surface area contributed by atoms with Gasteiger partial charge in [-0.2, -0.15) is 6.08 Å². The van der Waals surface area contributed by atoms with Crippen molar-refractivity contribution in [1.29, 1.82) is 0 Å². The van der Waals surface area contributed by atoms with E-state index < -0.39 is 0 Å². The summed E-state index contributed by atoms with van der Waals surface area (Å²) in [5.74, 6) is 0. The van der Waals surface area contributed by atoms with Crippen molar-refractivity contribution in [2.24, 2.45) is 0 Å². The number of rotatable bonds is 0. The molecule has 0 spiro atoms. The summed E-state index contributed by atoms with van der Waals surface area (Å²) in [4.78, 5) is 0. The van der Waals surface area contributed by atoms with Crippen molar-refractivity contribution in [1.82, 2.24) is 0 Å². The predicted molar refractivity (Wildman–Crippen MR) is 28.4 cm³/mol. The quantitative estimate of drug-likeness (QED) is 0.592. The van der Waals surface area contributed by atoms with Gasteiger partial charge in [0.15, 0.2) is 0 Å². The molecule has 0 saturated heterocycles. The van der Waals surface area contributed by atoms with Crippen molar-refractivity contribution in [3.63, 3.8) is 0 Å². The molecule has 1 heteroatoms. The van der Waals surface area contributed by atoms with Crippen molar-refractivity contribution in [3.8, 4) is 0 Å². The standard InChI is InChI=1S/C6H7.Ir.2H/c1-6-4-2-3-5-6;;;/h2,4H,3H2,1H3;;;/q-1;;2*-1. The Hall–Kier alpha value is 0.129. The number of hydrogen-bond acceptors (Lipinski definition) is 0. The third-order valence-corrected chi connectivity index (χ3v) is 0.867. The SMILES string of the molecule is CC1=[C-]CC=C1.[H-].[H-].[Ir]. The van der Waals surface area contributed by atoms with Gasteiger partial charge in [-0.15, -0.1) is 6.42 Å². The Balaban J connectivity index is -0.000000120. The smallest absolute Gasteiger partial charge is 0 e. The molecule has 0 bridgehead atoms. The minimum absolute atomic E-state index is 0. The van der Waals surface area contributed by atoms with E-state index in [2.05, 4.69) is 25.2 Å². The molecule has 1 aliphatic rings. The molecule has 0 nitrogen and oxygen atoms in total. The van der Waals surface area contributed by atoms with Gasteiger partial charge in [0.1, 0.15) is 0 Å². The van der Waals surface area contributed by atoms with Crippen LogP contribution in [0.25, 0.3) is 0 Å². The van der Waals surface area contributed by atoms with Crippen LogP contribution in [-0.4, -0.2) is 0 Å². The zero-order chi connectivity index (χ0) is 4.41. The molecule has 7 heavy (non-hydrogen) atoms. The third-order valence-electron chi connectivity index (χ3n) is 0.867. The van der Waals surface area contributed by atoms with Crippen LogP contribution in [0.3, 0.4) is 0 Å². The van der Waals surface area contributed by atoms with E-state index in [1.165, 1.54) is 5.57 Å². The van der Waals surface area contributed by atoms with Gasteiger partial charge in [-0.25, -0.2) is 11.6 Å². The largest absolute Gasteiger partial charge is 1.00 e. The Morgan fingerprint density at radius 3 is 2.71 bits per heavy atom. The second-order valence-electron chi connectivity index (χ2n) is 1.47. The van der Waals surface area contributed by atoms with Crippen molar-refractivity contribution in [2.75, 3.05) is 0 Å². The molecule has 0 N–H and O–H groups in total. The van der Waals surface area contributed by atoms with Crippen LogP contribution in [-0.2, 0) is 20.1 Å². The summed E-state index contributed by atoms with van der Waals surface area (Å²) < 4.78 is 0. The van der Waals surface area contributed by atoms with Gasteiger partial charge in [-0.05, 0) is 0 Å². The van der Waals surface area contributed by atoms with E-state index in [9.17, 15) is 0 Å². The summed E-state index contributed by atoms with van der Waals surface area (Å²) in [5.41, 5.74) is 1.27. The Kier molecular flexibility index (Phi) is 3.23. The minimum Gasteiger partial charge on any atom is -1.00 e. The summed E-state index contributed by atoms with van der Waals surface area (Å²) >= 11 is 0. The zero-order valence-electron chi connectivity index (χ0n) is 6.20. The van der Waals surface area contributed by atoms with Crippen LogP contribution in [0.1, 0.15) is 16.2 Å². The molecule has 45 valence electrons. The molecule has 0 heterocycles. The fourth-order valence-corrected chi connectivity index (χ4v) is 0.515. The summed E-state index contributed by atoms with van der Waals surface area (Å²) in [7, 11) is 0. The first kappa shape index (κ1) is 7.13. The van der Waals surface area contributed by atoms with Gasteiger partial charge in [-0.3, -0.25) is 6.08 Å². The monoisotopic (exact) mass is 274 g/mol. The maximum Gasteiger partial charge on any atom is 0 e. The molecular formula is C6H9Ir-3. The first-order chi connectivity index (χ1) is 2.89. The molecule has 1 aliphatic carbocycles. The van der Waals surface area contributed by atoms with Crippen molar-refractivity contribution >= 4 is 0 Å². The summed E-state index contributed by atoms with van der Waals surface area (Å²) in [6.07, 6.45) is 8.33. The summed E-state index contributed by atoms with van der Waals surface area (Å²) in [5, 5.41) is 0. The van der Waals surface area contributed by atoms with E-state index in [4.69, 9.17) is 0 Å². The molecule has 0 aromatic rings. The van der Waals surface area contributed by atoms with Gasteiger partial charge >= 0.3 is 0 Å². The molecule has 1 radical (unpaired) electrons. The zero-order valence-corrected chi connectivity index (χ0v) is 6.59. The average molecular weight is 273 g/mol. The van der Waals surface area contributed by atoms with Gasteiger partial charge < -0.3 is 2.85 Å². The number of hydrogen-bond donors (Lipinski definition) is 0. The van der Waals surface area contributed by atoms with Gasteiger partial charge in [0.2, 0.25) is 0 Å². The van der Waals surface area contributed by atoms with E-state index in [0.29, 0.717) is 0 Å². The topological polar surface area (TPSA) is 0 Å². The Morgan fingerprint density at radius 1 is 1.86 bits per heavy atom.